The zero-order valence-electron chi connectivity index (χ0n) is 11.4. The van der Waals surface area contributed by atoms with E-state index in [2.05, 4.69) is 5.32 Å². The van der Waals surface area contributed by atoms with Crippen LogP contribution in [0.4, 0.5) is 5.69 Å². The van der Waals surface area contributed by atoms with Crippen molar-refractivity contribution in [2.75, 3.05) is 26.4 Å². The molecule has 102 valence electrons. The minimum absolute atomic E-state index is 0.0898. The summed E-state index contributed by atoms with van der Waals surface area (Å²) in [5.74, 6) is -0.0898. The zero-order chi connectivity index (χ0) is 14.0. The van der Waals surface area contributed by atoms with Crippen LogP contribution in [0.3, 0.4) is 0 Å². The summed E-state index contributed by atoms with van der Waals surface area (Å²) in [6, 6.07) is 7.90. The number of hydrogen-bond donors (Lipinski definition) is 2. The molecule has 19 heavy (non-hydrogen) atoms. The molecule has 5 heteroatoms. The van der Waals surface area contributed by atoms with Crippen molar-refractivity contribution in [2.24, 2.45) is 0 Å². The molecule has 0 radical (unpaired) electrons. The van der Waals surface area contributed by atoms with Crippen LogP contribution in [-0.4, -0.2) is 37.5 Å². The fourth-order valence-corrected chi connectivity index (χ4v) is 3.14. The molecule has 0 saturated heterocycles. The van der Waals surface area contributed by atoms with Crippen molar-refractivity contribution in [2.45, 2.75) is 13.0 Å². The molecular formula is C14H19N3OS. The van der Waals surface area contributed by atoms with Crippen molar-refractivity contribution in [3.05, 3.63) is 29.1 Å². The summed E-state index contributed by atoms with van der Waals surface area (Å²) in [5, 5.41) is 3.94. The van der Waals surface area contributed by atoms with Crippen LogP contribution >= 0.6 is 11.3 Å². The number of carbonyl (C=O) groups is 1. The first-order valence-electron chi connectivity index (χ1n) is 6.21. The zero-order valence-corrected chi connectivity index (χ0v) is 12.3. The molecule has 2 rings (SSSR count). The number of rotatable bonds is 4. The van der Waals surface area contributed by atoms with E-state index in [4.69, 9.17) is 5.73 Å². The molecule has 2 aromatic rings. The minimum atomic E-state index is -0.0898. The van der Waals surface area contributed by atoms with E-state index >= 15 is 0 Å². The maximum atomic E-state index is 12.2. The van der Waals surface area contributed by atoms with Crippen LogP contribution in [0.1, 0.15) is 16.6 Å². The van der Waals surface area contributed by atoms with Gasteiger partial charge in [0, 0.05) is 22.7 Å². The number of nitrogens with two attached hydrogens (primary N) is 1. The molecule has 4 nitrogen and oxygen atoms in total. The van der Waals surface area contributed by atoms with Gasteiger partial charge in [-0.1, -0.05) is 18.2 Å². The first-order valence-corrected chi connectivity index (χ1v) is 7.03. The lowest BCUT2D eigenvalue weighted by molar-refractivity contribution is 0.0939. The van der Waals surface area contributed by atoms with E-state index in [0.29, 0.717) is 10.6 Å². The third-order valence-corrected chi connectivity index (χ3v) is 4.04. The molecule has 0 saturated carbocycles. The van der Waals surface area contributed by atoms with E-state index in [0.717, 1.165) is 16.6 Å². The van der Waals surface area contributed by atoms with Gasteiger partial charge in [0.25, 0.3) is 5.91 Å². The number of amides is 1. The summed E-state index contributed by atoms with van der Waals surface area (Å²) in [6.45, 7) is 2.79. The van der Waals surface area contributed by atoms with Crippen LogP contribution in [0.5, 0.6) is 0 Å². The van der Waals surface area contributed by atoms with Crippen LogP contribution in [-0.2, 0) is 0 Å². The molecule has 0 spiro atoms. The Labute approximate surface area is 117 Å². The molecule has 1 heterocycles. The highest BCUT2D eigenvalue weighted by molar-refractivity contribution is 7.21. The second-order valence-electron chi connectivity index (χ2n) is 4.98. The molecule has 1 amide bonds. The number of nitrogen functional groups attached to an aromatic ring is 1. The molecule has 3 N–H and O–H groups in total. The summed E-state index contributed by atoms with van der Waals surface area (Å²) < 4.78 is 1.05. The molecule has 0 bridgehead atoms. The number of anilines is 1. The number of nitrogens with one attached hydrogen (secondary N) is 1. The van der Waals surface area contributed by atoms with Gasteiger partial charge in [-0.2, -0.15) is 0 Å². The van der Waals surface area contributed by atoms with Gasteiger partial charge in [0.2, 0.25) is 0 Å². The van der Waals surface area contributed by atoms with Gasteiger partial charge in [-0.15, -0.1) is 11.3 Å². The SMILES string of the molecule is CC(CN(C)C)NC(=O)c1sc2ccccc2c1N. The highest BCUT2D eigenvalue weighted by atomic mass is 32.1. The minimum Gasteiger partial charge on any atom is -0.397 e. The Hall–Kier alpha value is -1.59. The number of likely N-dealkylation sites (N-methyl/N-ethyl adjacent to an activating group) is 1. The number of thiophene rings is 1. The van der Waals surface area contributed by atoms with E-state index in [9.17, 15) is 4.79 Å². The molecule has 1 aromatic carbocycles. The summed E-state index contributed by atoms with van der Waals surface area (Å²) >= 11 is 1.44. The molecule has 0 aliphatic heterocycles. The standard InChI is InChI=1S/C14H19N3OS/c1-9(8-17(2)3)16-14(18)13-12(15)10-6-4-5-7-11(10)19-13/h4-7,9H,8,15H2,1-3H3,(H,16,18). The third-order valence-electron chi connectivity index (χ3n) is 2.86. The third kappa shape index (κ3) is 3.05. The quantitative estimate of drug-likeness (QED) is 0.900. The monoisotopic (exact) mass is 277 g/mol. The van der Waals surface area contributed by atoms with Crippen LogP contribution in [0.15, 0.2) is 24.3 Å². The van der Waals surface area contributed by atoms with Gasteiger partial charge in [-0.3, -0.25) is 4.79 Å². The number of benzene rings is 1. The van der Waals surface area contributed by atoms with Crippen molar-refractivity contribution >= 4 is 33.0 Å². The number of carbonyl (C=O) groups excluding carboxylic acids is 1. The van der Waals surface area contributed by atoms with Crippen molar-refractivity contribution in [1.29, 1.82) is 0 Å². The lowest BCUT2D eigenvalue weighted by Crippen LogP contribution is -2.39. The Balaban J connectivity index is 2.20. The Morgan fingerprint density at radius 2 is 2.11 bits per heavy atom. The second-order valence-corrected chi connectivity index (χ2v) is 6.03. The Bertz CT molecular complexity index is 591. The van der Waals surface area contributed by atoms with Crippen molar-refractivity contribution in [3.63, 3.8) is 0 Å². The number of fused-ring (bicyclic) bond motifs is 1. The first-order chi connectivity index (χ1) is 8.99. The Morgan fingerprint density at radius 3 is 2.74 bits per heavy atom. The van der Waals surface area contributed by atoms with Crippen LogP contribution in [0.25, 0.3) is 10.1 Å². The van der Waals surface area contributed by atoms with Crippen molar-refractivity contribution < 1.29 is 4.79 Å². The van der Waals surface area contributed by atoms with E-state index in [1.807, 2.05) is 50.2 Å². The van der Waals surface area contributed by atoms with Gasteiger partial charge < -0.3 is 16.0 Å². The molecule has 0 aliphatic rings. The van der Waals surface area contributed by atoms with E-state index < -0.39 is 0 Å². The lowest BCUT2D eigenvalue weighted by Gasteiger charge is -2.17. The van der Waals surface area contributed by atoms with Gasteiger partial charge in [-0.05, 0) is 27.1 Å². The van der Waals surface area contributed by atoms with E-state index in [1.165, 1.54) is 11.3 Å². The van der Waals surface area contributed by atoms with E-state index in [1.54, 1.807) is 0 Å². The molecule has 1 atom stereocenters. The van der Waals surface area contributed by atoms with Gasteiger partial charge in [0.05, 0.1) is 5.69 Å². The number of hydrogen-bond acceptors (Lipinski definition) is 4. The number of nitrogens with zero attached hydrogens (tertiary/aromatic N) is 1. The van der Waals surface area contributed by atoms with Crippen LogP contribution in [0.2, 0.25) is 0 Å². The first kappa shape index (κ1) is 13.8. The molecule has 1 aromatic heterocycles. The smallest absolute Gasteiger partial charge is 0.263 e. The second kappa shape index (κ2) is 5.59. The van der Waals surface area contributed by atoms with Crippen molar-refractivity contribution in [3.8, 4) is 0 Å². The highest BCUT2D eigenvalue weighted by Gasteiger charge is 2.17. The van der Waals surface area contributed by atoms with Crippen molar-refractivity contribution in [1.82, 2.24) is 10.2 Å². The molecule has 0 fully saturated rings. The van der Waals surface area contributed by atoms with Gasteiger partial charge in [0.15, 0.2) is 0 Å². The highest BCUT2D eigenvalue weighted by Crippen LogP contribution is 2.33. The molecular weight excluding hydrogens is 258 g/mol. The summed E-state index contributed by atoms with van der Waals surface area (Å²) in [5.41, 5.74) is 6.63. The fraction of sp³-hybridized carbons (Fsp3) is 0.357. The van der Waals surface area contributed by atoms with Gasteiger partial charge in [-0.25, -0.2) is 0 Å². The largest absolute Gasteiger partial charge is 0.397 e. The maximum Gasteiger partial charge on any atom is 0.263 e. The summed E-state index contributed by atoms with van der Waals surface area (Å²) in [4.78, 5) is 14.9. The maximum absolute atomic E-state index is 12.2. The normalized spacial score (nSPS) is 12.8. The topological polar surface area (TPSA) is 58.4 Å². The van der Waals surface area contributed by atoms with E-state index in [-0.39, 0.29) is 11.9 Å². The Kier molecular flexibility index (Phi) is 4.07. The van der Waals surface area contributed by atoms with Gasteiger partial charge >= 0.3 is 0 Å². The van der Waals surface area contributed by atoms with Gasteiger partial charge in [0.1, 0.15) is 4.88 Å². The lowest BCUT2D eigenvalue weighted by atomic mass is 10.2. The summed E-state index contributed by atoms with van der Waals surface area (Å²) in [7, 11) is 3.97. The fourth-order valence-electron chi connectivity index (χ4n) is 2.12. The average molecular weight is 277 g/mol. The van der Waals surface area contributed by atoms with Crippen LogP contribution < -0.4 is 11.1 Å². The molecule has 1 unspecified atom stereocenters. The molecule has 0 aliphatic carbocycles. The van der Waals surface area contributed by atoms with Crippen LogP contribution in [0, 0.1) is 0 Å². The summed E-state index contributed by atoms with van der Waals surface area (Å²) in [6.07, 6.45) is 0. The Morgan fingerprint density at radius 1 is 1.42 bits per heavy atom. The predicted molar refractivity (Wildman–Crippen MR) is 81.7 cm³/mol. The average Bonchev–Trinajstić information content (AvgIpc) is 2.66. The predicted octanol–water partition coefficient (Wildman–Crippen LogP) is 2.16.